The lowest BCUT2D eigenvalue weighted by atomic mass is 9.97. The molecule has 5 nitrogen and oxygen atoms in total. The fourth-order valence-electron chi connectivity index (χ4n) is 4.14. The van der Waals surface area contributed by atoms with Crippen LogP contribution in [0.5, 0.6) is 0 Å². The summed E-state index contributed by atoms with van der Waals surface area (Å²) < 4.78 is 47.0. The Morgan fingerprint density at radius 2 is 1.90 bits per heavy atom. The molecule has 0 radical (unpaired) electrons. The second-order valence-corrected chi connectivity index (χ2v) is 7.92. The quantitative estimate of drug-likeness (QED) is 0.677. The highest BCUT2D eigenvalue weighted by Gasteiger charge is 2.30. The molecule has 1 aromatic heterocycles. The second kappa shape index (κ2) is 7.42. The number of carbonyl (C=O) groups is 1. The molecule has 158 valence electrons. The van der Waals surface area contributed by atoms with Gasteiger partial charge in [-0.1, -0.05) is 12.1 Å². The molecule has 0 spiro atoms. The van der Waals surface area contributed by atoms with Crippen molar-refractivity contribution in [1.29, 1.82) is 0 Å². The van der Waals surface area contributed by atoms with Crippen LogP contribution in [-0.4, -0.2) is 21.8 Å². The van der Waals surface area contributed by atoms with Crippen LogP contribution in [0, 0.1) is 11.6 Å². The average Bonchev–Trinajstić information content (AvgIpc) is 3.29. The first-order valence-corrected chi connectivity index (χ1v) is 10.1. The number of pyridine rings is 1. The van der Waals surface area contributed by atoms with Crippen LogP contribution >= 0.6 is 0 Å². The fraction of sp³-hybridized carbons (Fsp3) is 0.250. The number of hydrazine groups is 1. The third-order valence-corrected chi connectivity index (χ3v) is 5.65. The molecule has 5 rings (SSSR count). The number of amides is 1. The van der Waals surface area contributed by atoms with E-state index in [1.54, 1.807) is 0 Å². The van der Waals surface area contributed by atoms with Crippen molar-refractivity contribution in [1.82, 2.24) is 15.3 Å². The van der Waals surface area contributed by atoms with E-state index in [9.17, 15) is 4.79 Å². The predicted octanol–water partition coefficient (Wildman–Crippen LogP) is 4.42. The van der Waals surface area contributed by atoms with E-state index in [1.165, 1.54) is 30.5 Å². The third-order valence-electron chi connectivity index (χ3n) is 5.65. The molecule has 1 amide bonds. The minimum Gasteiger partial charge on any atom is -0.328 e. The van der Waals surface area contributed by atoms with Gasteiger partial charge in [0.2, 0.25) is 0 Å². The van der Waals surface area contributed by atoms with Gasteiger partial charge < -0.3 is 9.91 Å². The molecule has 2 aliphatic rings. The van der Waals surface area contributed by atoms with Gasteiger partial charge >= 0.3 is 0 Å². The van der Waals surface area contributed by atoms with Crippen LogP contribution in [0.3, 0.4) is 0 Å². The summed E-state index contributed by atoms with van der Waals surface area (Å²) >= 11 is 0. The predicted molar refractivity (Wildman–Crippen MR) is 114 cm³/mol. The monoisotopic (exact) mass is 422 g/mol. The topological polar surface area (TPSA) is 48.5 Å². The van der Waals surface area contributed by atoms with Crippen LogP contribution in [0.1, 0.15) is 43.8 Å². The molecule has 0 fully saturated rings. The summed E-state index contributed by atoms with van der Waals surface area (Å²) in [6.45, 7) is 1.83. The van der Waals surface area contributed by atoms with Crippen LogP contribution < -0.4 is 10.4 Å². The van der Waals surface area contributed by atoms with Crippen LogP contribution in [0.25, 0.3) is 11.1 Å². The van der Waals surface area contributed by atoms with E-state index in [2.05, 4.69) is 24.3 Å². The van der Waals surface area contributed by atoms with Gasteiger partial charge in [0.1, 0.15) is 11.6 Å². The molecule has 0 saturated heterocycles. The Morgan fingerprint density at radius 1 is 1.16 bits per heavy atom. The highest BCUT2D eigenvalue weighted by atomic mass is 19.1. The molecule has 0 bridgehead atoms. The number of halogens is 2. The lowest BCUT2D eigenvalue weighted by molar-refractivity contribution is 0.0763. The van der Waals surface area contributed by atoms with Gasteiger partial charge in [-0.15, -0.1) is 0 Å². The molecular weight excluding hydrogens is 398 g/mol. The fourth-order valence-corrected chi connectivity index (χ4v) is 4.14. The number of anilines is 1. The minimum atomic E-state index is -2.27. The van der Waals surface area contributed by atoms with E-state index in [0.29, 0.717) is 12.1 Å². The van der Waals surface area contributed by atoms with Gasteiger partial charge in [-0.25, -0.2) is 14.2 Å². The summed E-state index contributed by atoms with van der Waals surface area (Å²) in [4.78, 5) is 17.5. The summed E-state index contributed by atoms with van der Waals surface area (Å²) in [6, 6.07) is 11.3. The van der Waals surface area contributed by atoms with Crippen molar-refractivity contribution in [3.8, 4) is 11.1 Å². The zero-order chi connectivity index (χ0) is 23.5. The number of hydrogen-bond donors (Lipinski definition) is 1. The molecule has 7 heteroatoms. The van der Waals surface area contributed by atoms with Gasteiger partial charge in [0.15, 0.2) is 0 Å². The third kappa shape index (κ3) is 3.25. The SMILES string of the molecule is [2H]C1([2H])c2ncccc2C(=O)N1Cc1c(F)cc(-c2cccc3c2CNN3C(C)C)cc1F. The molecule has 2 aliphatic heterocycles. The maximum atomic E-state index is 15.2. The lowest BCUT2D eigenvalue weighted by Crippen LogP contribution is -2.37. The minimum absolute atomic E-state index is 0.0468. The summed E-state index contributed by atoms with van der Waals surface area (Å²) in [5.74, 6) is -2.31. The van der Waals surface area contributed by atoms with Crippen LogP contribution in [0.2, 0.25) is 0 Å². The van der Waals surface area contributed by atoms with E-state index in [4.69, 9.17) is 2.74 Å². The molecule has 2 aromatic carbocycles. The van der Waals surface area contributed by atoms with Crippen LogP contribution in [0.4, 0.5) is 14.5 Å². The van der Waals surface area contributed by atoms with E-state index in [1.807, 2.05) is 23.2 Å². The Labute approximate surface area is 182 Å². The molecule has 1 N–H and O–H groups in total. The smallest absolute Gasteiger partial charge is 0.256 e. The molecule has 3 aromatic rings. The first kappa shape index (κ1) is 17.4. The summed E-state index contributed by atoms with van der Waals surface area (Å²) in [6.07, 6.45) is 1.39. The van der Waals surface area contributed by atoms with Crippen molar-refractivity contribution < 1.29 is 16.3 Å². The Hall–Kier alpha value is -3.32. The lowest BCUT2D eigenvalue weighted by Gasteiger charge is -2.23. The number of fused-ring (bicyclic) bond motifs is 2. The standard InChI is InChI=1S/C24H22F2N4O/c1-14(2)30-23-7-3-5-16(18(23)11-28-30)15-9-20(25)19(21(26)10-15)12-29-13-22-17(24(29)31)6-4-8-27-22/h3-10,14,28H,11-13H2,1-2H3/i13D2. The molecule has 0 atom stereocenters. The molecule has 3 heterocycles. The Balaban J connectivity index is 1.50. The van der Waals surface area contributed by atoms with Gasteiger partial charge in [0, 0.05) is 29.9 Å². The molecule has 0 saturated carbocycles. The van der Waals surface area contributed by atoms with Gasteiger partial charge in [0.05, 0.1) is 32.7 Å². The number of aromatic nitrogens is 1. The van der Waals surface area contributed by atoms with Crippen molar-refractivity contribution in [3.63, 3.8) is 0 Å². The summed E-state index contributed by atoms with van der Waals surface area (Å²) in [7, 11) is 0. The van der Waals surface area contributed by atoms with Crippen molar-refractivity contribution >= 4 is 11.6 Å². The summed E-state index contributed by atoms with van der Waals surface area (Å²) in [5.41, 5.74) is 6.01. The largest absolute Gasteiger partial charge is 0.328 e. The zero-order valence-electron chi connectivity index (χ0n) is 19.1. The molecule has 0 unspecified atom stereocenters. The number of nitrogens with one attached hydrogen (secondary N) is 1. The van der Waals surface area contributed by atoms with E-state index in [0.717, 1.165) is 21.7 Å². The number of nitrogens with zero attached hydrogens (tertiary/aromatic N) is 3. The first-order valence-electron chi connectivity index (χ1n) is 11.1. The van der Waals surface area contributed by atoms with Crippen molar-refractivity contribution in [2.75, 3.05) is 5.01 Å². The van der Waals surface area contributed by atoms with Crippen molar-refractivity contribution in [2.45, 2.75) is 39.5 Å². The van der Waals surface area contributed by atoms with Gasteiger partial charge in [-0.2, -0.15) is 0 Å². The Morgan fingerprint density at radius 3 is 2.61 bits per heavy atom. The van der Waals surface area contributed by atoms with Crippen molar-refractivity contribution in [3.05, 3.63) is 82.7 Å². The average molecular weight is 422 g/mol. The number of rotatable bonds is 4. The normalized spacial score (nSPS) is 17.6. The Kier molecular flexibility index (Phi) is 4.16. The van der Waals surface area contributed by atoms with Crippen molar-refractivity contribution in [2.24, 2.45) is 0 Å². The van der Waals surface area contributed by atoms with Gasteiger partial charge in [0.25, 0.3) is 5.91 Å². The highest BCUT2D eigenvalue weighted by Crippen LogP contribution is 2.36. The number of hydrogen-bond acceptors (Lipinski definition) is 4. The molecule has 31 heavy (non-hydrogen) atoms. The highest BCUT2D eigenvalue weighted by molar-refractivity contribution is 5.97. The number of benzene rings is 2. The van der Waals surface area contributed by atoms with Crippen LogP contribution in [-0.2, 0) is 19.6 Å². The molecular formula is C24H22F2N4O. The first-order chi connectivity index (χ1) is 15.7. The van der Waals surface area contributed by atoms with E-state index >= 15 is 8.78 Å². The van der Waals surface area contributed by atoms with Gasteiger partial charge in [-0.05, 0) is 55.3 Å². The zero-order valence-corrected chi connectivity index (χ0v) is 17.1. The molecule has 0 aliphatic carbocycles. The Bertz CT molecular complexity index is 1260. The number of carbonyl (C=O) groups excluding carboxylic acids is 1. The van der Waals surface area contributed by atoms with E-state index in [-0.39, 0.29) is 22.9 Å². The van der Waals surface area contributed by atoms with Gasteiger partial charge in [-0.3, -0.25) is 9.78 Å². The maximum Gasteiger partial charge on any atom is 0.256 e. The van der Waals surface area contributed by atoms with Crippen LogP contribution in [0.15, 0.2) is 48.7 Å². The second-order valence-electron chi connectivity index (χ2n) is 7.92. The maximum absolute atomic E-state index is 15.2. The summed E-state index contributed by atoms with van der Waals surface area (Å²) in [5, 5.41) is 2.02. The van der Waals surface area contributed by atoms with E-state index < -0.39 is 30.6 Å².